The summed E-state index contributed by atoms with van der Waals surface area (Å²) >= 11 is 0. The first kappa shape index (κ1) is 20.6. The second kappa shape index (κ2) is 8.95. The average molecular weight is 369 g/mol. The van der Waals surface area contributed by atoms with E-state index in [0.29, 0.717) is 5.41 Å². The largest absolute Gasteiger partial charge is 0.393 e. The summed E-state index contributed by atoms with van der Waals surface area (Å²) in [6.45, 7) is 11.4. The monoisotopic (exact) mass is 368 g/mol. The van der Waals surface area contributed by atoms with Crippen LogP contribution in [0.3, 0.4) is 0 Å². The minimum Gasteiger partial charge on any atom is -0.393 e. The molecule has 4 atom stereocenters. The Balaban J connectivity index is 1.69. The molecule has 3 aliphatic carbocycles. The molecule has 0 aromatic carbocycles. The Morgan fingerprint density at radius 3 is 2.74 bits per heavy atom. The Bertz CT molecular complexity index is 620. The topological polar surface area (TPSA) is 20.2 Å². The van der Waals surface area contributed by atoms with Crippen LogP contribution in [-0.2, 0) is 0 Å². The van der Waals surface area contributed by atoms with E-state index >= 15 is 0 Å². The smallest absolute Gasteiger partial charge is 0.0583 e. The standard InChI is InChI=1S/C26H40O/c1-19(2)8-5-6-10-23-14-16-25-21(9-7-17-26(23,25)4)12-13-22-18-24(27)15-11-20(22)3/h5-6,12-13,19,23-25,27H,3,7-11,14-18H2,1-2,4H3/b6-5+,21-12+,22-13-/t23-,24-,25?,26+/m0/s1. The Labute approximate surface area is 167 Å². The lowest BCUT2D eigenvalue weighted by atomic mass is 9.63. The van der Waals surface area contributed by atoms with Crippen molar-refractivity contribution in [1.82, 2.24) is 0 Å². The van der Waals surface area contributed by atoms with E-state index in [4.69, 9.17) is 0 Å². The average Bonchev–Trinajstić information content (AvgIpc) is 2.96. The van der Waals surface area contributed by atoms with E-state index < -0.39 is 0 Å². The summed E-state index contributed by atoms with van der Waals surface area (Å²) < 4.78 is 0. The third kappa shape index (κ3) is 4.86. The molecule has 0 aromatic heterocycles. The van der Waals surface area contributed by atoms with E-state index in [1.54, 1.807) is 5.57 Å². The quantitative estimate of drug-likeness (QED) is 0.511. The lowest BCUT2D eigenvalue weighted by Crippen LogP contribution is -2.33. The molecule has 1 nitrogen and oxygen atoms in total. The van der Waals surface area contributed by atoms with E-state index in [1.165, 1.54) is 56.1 Å². The van der Waals surface area contributed by atoms with Gasteiger partial charge in [0.25, 0.3) is 0 Å². The van der Waals surface area contributed by atoms with E-state index in [2.05, 4.69) is 51.7 Å². The van der Waals surface area contributed by atoms with Crippen molar-refractivity contribution < 1.29 is 5.11 Å². The molecule has 0 aromatic rings. The Hall–Kier alpha value is -1.08. The zero-order valence-corrected chi connectivity index (χ0v) is 17.8. The molecular weight excluding hydrogens is 328 g/mol. The molecular formula is C26H40O. The molecule has 3 aliphatic rings. The minimum absolute atomic E-state index is 0.176. The molecule has 0 amide bonds. The Morgan fingerprint density at radius 2 is 1.96 bits per heavy atom. The SMILES string of the molecule is C=C1CC[C@H](O)C/C1=C/C=C1\CCC[C@@]2(C)C1CC[C@@H]2C/C=C/CC(C)C. The number of allylic oxidation sites excluding steroid dienone is 6. The molecule has 0 aliphatic heterocycles. The summed E-state index contributed by atoms with van der Waals surface area (Å²) in [7, 11) is 0. The van der Waals surface area contributed by atoms with Crippen LogP contribution in [0.4, 0.5) is 0 Å². The molecule has 0 saturated heterocycles. The van der Waals surface area contributed by atoms with Gasteiger partial charge in [0.15, 0.2) is 0 Å². The van der Waals surface area contributed by atoms with Gasteiger partial charge in [-0.25, -0.2) is 0 Å². The van der Waals surface area contributed by atoms with E-state index in [1.807, 2.05) is 0 Å². The summed E-state index contributed by atoms with van der Waals surface area (Å²) in [6, 6.07) is 0. The first-order valence-electron chi connectivity index (χ1n) is 11.3. The number of aliphatic hydroxyl groups is 1. The van der Waals surface area contributed by atoms with Gasteiger partial charge in [-0.1, -0.05) is 62.8 Å². The predicted octanol–water partition coefficient (Wildman–Crippen LogP) is 7.15. The van der Waals surface area contributed by atoms with Crippen molar-refractivity contribution in [3.63, 3.8) is 0 Å². The summed E-state index contributed by atoms with van der Waals surface area (Å²) in [5, 5.41) is 9.99. The highest BCUT2D eigenvalue weighted by atomic mass is 16.3. The van der Waals surface area contributed by atoms with Crippen LogP contribution in [0.5, 0.6) is 0 Å². The van der Waals surface area contributed by atoms with Crippen molar-refractivity contribution >= 4 is 0 Å². The molecule has 0 bridgehead atoms. The highest BCUT2D eigenvalue weighted by molar-refractivity contribution is 5.36. The van der Waals surface area contributed by atoms with Crippen molar-refractivity contribution in [2.24, 2.45) is 23.2 Å². The van der Waals surface area contributed by atoms with Gasteiger partial charge in [-0.3, -0.25) is 0 Å². The number of hydrogen-bond acceptors (Lipinski definition) is 1. The number of rotatable bonds is 5. The van der Waals surface area contributed by atoms with Crippen LogP contribution in [0.15, 0.2) is 47.6 Å². The van der Waals surface area contributed by atoms with Crippen LogP contribution in [-0.4, -0.2) is 11.2 Å². The van der Waals surface area contributed by atoms with Gasteiger partial charge >= 0.3 is 0 Å². The highest BCUT2D eigenvalue weighted by Crippen LogP contribution is 2.58. The van der Waals surface area contributed by atoms with Crippen LogP contribution >= 0.6 is 0 Å². The van der Waals surface area contributed by atoms with Gasteiger partial charge in [-0.2, -0.15) is 0 Å². The van der Waals surface area contributed by atoms with Gasteiger partial charge in [0.1, 0.15) is 0 Å². The molecule has 1 N–H and O–H groups in total. The van der Waals surface area contributed by atoms with Crippen molar-refractivity contribution in [3.05, 3.63) is 47.6 Å². The first-order chi connectivity index (χ1) is 12.9. The van der Waals surface area contributed by atoms with Crippen molar-refractivity contribution in [1.29, 1.82) is 0 Å². The van der Waals surface area contributed by atoms with Gasteiger partial charge in [-0.05, 0) is 93.0 Å². The van der Waals surface area contributed by atoms with Crippen LogP contribution in [0.25, 0.3) is 0 Å². The first-order valence-corrected chi connectivity index (χ1v) is 11.3. The zero-order chi connectivity index (χ0) is 19.4. The van der Waals surface area contributed by atoms with Gasteiger partial charge in [0, 0.05) is 0 Å². The molecule has 3 fully saturated rings. The fraction of sp³-hybridized carbons (Fsp3) is 0.692. The normalized spacial score (nSPS) is 37.7. The van der Waals surface area contributed by atoms with E-state index in [0.717, 1.165) is 37.0 Å². The fourth-order valence-corrected chi connectivity index (χ4v) is 5.76. The second-order valence-electron chi connectivity index (χ2n) is 9.96. The van der Waals surface area contributed by atoms with Crippen LogP contribution in [0.1, 0.15) is 85.0 Å². The lowest BCUT2D eigenvalue weighted by molar-refractivity contribution is 0.137. The van der Waals surface area contributed by atoms with Crippen LogP contribution < -0.4 is 0 Å². The molecule has 150 valence electrons. The van der Waals surface area contributed by atoms with E-state index in [9.17, 15) is 5.11 Å². The van der Waals surface area contributed by atoms with Gasteiger partial charge in [-0.15, -0.1) is 0 Å². The summed E-state index contributed by atoms with van der Waals surface area (Å²) in [5.74, 6) is 2.36. The maximum atomic E-state index is 9.99. The number of hydrogen-bond donors (Lipinski definition) is 1. The number of fused-ring (bicyclic) bond motifs is 1. The molecule has 3 saturated carbocycles. The van der Waals surface area contributed by atoms with Crippen molar-refractivity contribution in [3.8, 4) is 0 Å². The maximum absolute atomic E-state index is 9.99. The molecule has 3 rings (SSSR count). The van der Waals surface area contributed by atoms with Gasteiger partial charge in [0.05, 0.1) is 6.10 Å². The molecule has 0 spiro atoms. The van der Waals surface area contributed by atoms with Crippen molar-refractivity contribution in [2.75, 3.05) is 0 Å². The molecule has 1 unspecified atom stereocenters. The van der Waals surface area contributed by atoms with Gasteiger partial charge in [0.2, 0.25) is 0 Å². The van der Waals surface area contributed by atoms with Crippen LogP contribution in [0, 0.1) is 23.2 Å². The van der Waals surface area contributed by atoms with E-state index in [-0.39, 0.29) is 6.10 Å². The Morgan fingerprint density at radius 1 is 1.15 bits per heavy atom. The summed E-state index contributed by atoms with van der Waals surface area (Å²) in [5.41, 5.74) is 4.65. The molecule has 1 heteroatoms. The Kier molecular flexibility index (Phi) is 6.84. The third-order valence-electron chi connectivity index (χ3n) is 7.54. The summed E-state index contributed by atoms with van der Waals surface area (Å²) in [6.07, 6.45) is 21.2. The fourth-order valence-electron chi connectivity index (χ4n) is 5.76. The molecule has 0 radical (unpaired) electrons. The summed E-state index contributed by atoms with van der Waals surface area (Å²) in [4.78, 5) is 0. The highest BCUT2D eigenvalue weighted by Gasteiger charge is 2.48. The van der Waals surface area contributed by atoms with Crippen molar-refractivity contribution in [2.45, 2.75) is 91.1 Å². The lowest BCUT2D eigenvalue weighted by Gasteiger charge is -2.42. The zero-order valence-electron chi connectivity index (χ0n) is 17.8. The predicted molar refractivity (Wildman–Crippen MR) is 117 cm³/mol. The number of aliphatic hydroxyl groups excluding tert-OH is 1. The maximum Gasteiger partial charge on any atom is 0.0583 e. The third-order valence-corrected chi connectivity index (χ3v) is 7.54. The van der Waals surface area contributed by atoms with Gasteiger partial charge < -0.3 is 5.11 Å². The second-order valence-corrected chi connectivity index (χ2v) is 9.96. The molecule has 0 heterocycles. The molecule has 27 heavy (non-hydrogen) atoms. The minimum atomic E-state index is -0.176. The van der Waals surface area contributed by atoms with Crippen LogP contribution in [0.2, 0.25) is 0 Å².